The van der Waals surface area contributed by atoms with Crippen molar-refractivity contribution >= 4 is 11.9 Å². The Morgan fingerprint density at radius 2 is 1.84 bits per heavy atom. The van der Waals surface area contributed by atoms with Gasteiger partial charge < -0.3 is 14.7 Å². The zero-order chi connectivity index (χ0) is 13.8. The monoisotopic (exact) mass is 265 g/mol. The van der Waals surface area contributed by atoms with Gasteiger partial charge in [-0.15, -0.1) is 0 Å². The van der Waals surface area contributed by atoms with E-state index in [1.807, 2.05) is 13.8 Å². The minimum atomic E-state index is -0.795. The largest absolute Gasteiger partial charge is 0.481 e. The fourth-order valence-corrected chi connectivity index (χ4v) is 2.22. The van der Waals surface area contributed by atoms with Crippen LogP contribution in [0.2, 0.25) is 0 Å². The lowest BCUT2D eigenvalue weighted by Crippen LogP contribution is -2.37. The summed E-state index contributed by atoms with van der Waals surface area (Å²) in [6.07, 6.45) is 0.596. The van der Waals surface area contributed by atoms with E-state index in [1.165, 1.54) is 0 Å². The van der Waals surface area contributed by atoms with Crippen molar-refractivity contribution in [2.24, 2.45) is 0 Å². The third-order valence-electron chi connectivity index (χ3n) is 3.29. The Balaban J connectivity index is 2.18. The molecule has 2 rings (SSSR count). The molecular weight excluding hydrogens is 246 g/mol. The van der Waals surface area contributed by atoms with Gasteiger partial charge in [0, 0.05) is 30.9 Å². The van der Waals surface area contributed by atoms with Crippen LogP contribution in [0.3, 0.4) is 0 Å². The van der Waals surface area contributed by atoms with Crippen LogP contribution in [0.5, 0.6) is 0 Å². The van der Waals surface area contributed by atoms with Gasteiger partial charge in [-0.2, -0.15) is 0 Å². The van der Waals surface area contributed by atoms with Gasteiger partial charge in [0.25, 0.3) is 0 Å². The van der Waals surface area contributed by atoms with E-state index in [1.54, 1.807) is 0 Å². The van der Waals surface area contributed by atoms with Crippen molar-refractivity contribution < 1.29 is 14.6 Å². The number of carbonyl (C=O) groups is 1. The molecular formula is C13H19N3O3. The first-order valence-electron chi connectivity index (χ1n) is 6.46. The SMILES string of the molecule is Cc1nc(N2CCOCC2)nc(C)c1CCC(=O)O. The van der Waals surface area contributed by atoms with Gasteiger partial charge in [-0.3, -0.25) is 4.79 Å². The summed E-state index contributed by atoms with van der Waals surface area (Å²) in [6.45, 7) is 6.82. The molecule has 2 heterocycles. The van der Waals surface area contributed by atoms with Crippen LogP contribution in [-0.4, -0.2) is 47.3 Å². The summed E-state index contributed by atoms with van der Waals surface area (Å²) in [7, 11) is 0. The molecule has 0 amide bonds. The molecule has 1 fully saturated rings. The molecule has 1 aliphatic heterocycles. The number of carboxylic acid groups (broad SMARTS) is 1. The summed E-state index contributed by atoms with van der Waals surface area (Å²) < 4.78 is 5.31. The summed E-state index contributed by atoms with van der Waals surface area (Å²) in [6, 6.07) is 0. The second-order valence-corrected chi connectivity index (χ2v) is 4.67. The number of hydrogen-bond acceptors (Lipinski definition) is 5. The maximum Gasteiger partial charge on any atom is 0.303 e. The molecule has 1 aromatic rings. The summed E-state index contributed by atoms with van der Waals surface area (Å²) in [5.41, 5.74) is 2.69. The summed E-state index contributed by atoms with van der Waals surface area (Å²) in [5, 5.41) is 8.75. The van der Waals surface area contributed by atoms with Crippen molar-refractivity contribution in [3.05, 3.63) is 17.0 Å². The van der Waals surface area contributed by atoms with Crippen molar-refractivity contribution in [3.8, 4) is 0 Å². The number of nitrogens with zero attached hydrogens (tertiary/aromatic N) is 3. The minimum Gasteiger partial charge on any atom is -0.481 e. The fourth-order valence-electron chi connectivity index (χ4n) is 2.22. The highest BCUT2D eigenvalue weighted by Gasteiger charge is 2.16. The molecule has 1 N–H and O–H groups in total. The highest BCUT2D eigenvalue weighted by Crippen LogP contribution is 2.18. The number of aliphatic carboxylic acids is 1. The van der Waals surface area contributed by atoms with Crippen LogP contribution in [-0.2, 0) is 16.0 Å². The molecule has 0 spiro atoms. The molecule has 0 unspecified atom stereocenters. The predicted molar refractivity (Wildman–Crippen MR) is 70.5 cm³/mol. The van der Waals surface area contributed by atoms with E-state index in [0.29, 0.717) is 19.6 Å². The Morgan fingerprint density at radius 3 is 2.37 bits per heavy atom. The molecule has 6 nitrogen and oxygen atoms in total. The summed E-state index contributed by atoms with van der Waals surface area (Å²) in [5.74, 6) is -0.0755. The molecule has 0 saturated carbocycles. The Kier molecular flexibility index (Phi) is 4.31. The second-order valence-electron chi connectivity index (χ2n) is 4.67. The van der Waals surface area contributed by atoms with E-state index >= 15 is 0 Å². The number of rotatable bonds is 4. The van der Waals surface area contributed by atoms with Crippen molar-refractivity contribution in [1.82, 2.24) is 9.97 Å². The van der Waals surface area contributed by atoms with Gasteiger partial charge in [0.2, 0.25) is 5.95 Å². The van der Waals surface area contributed by atoms with E-state index in [4.69, 9.17) is 9.84 Å². The van der Waals surface area contributed by atoms with Crippen LogP contribution in [0.4, 0.5) is 5.95 Å². The van der Waals surface area contributed by atoms with Crippen molar-refractivity contribution in [1.29, 1.82) is 0 Å². The molecule has 1 aromatic heterocycles. The Labute approximate surface area is 112 Å². The lowest BCUT2D eigenvalue weighted by Gasteiger charge is -2.27. The van der Waals surface area contributed by atoms with Gasteiger partial charge in [0.15, 0.2) is 0 Å². The first-order chi connectivity index (χ1) is 9.08. The Hall–Kier alpha value is -1.69. The van der Waals surface area contributed by atoms with Gasteiger partial charge in [-0.25, -0.2) is 9.97 Å². The van der Waals surface area contributed by atoms with Crippen molar-refractivity contribution in [2.45, 2.75) is 26.7 Å². The standard InChI is InChI=1S/C13H19N3O3/c1-9-11(3-4-12(17)18)10(2)15-13(14-9)16-5-7-19-8-6-16/h3-8H2,1-2H3,(H,17,18). The zero-order valence-electron chi connectivity index (χ0n) is 11.3. The average molecular weight is 265 g/mol. The van der Waals surface area contributed by atoms with Crippen LogP contribution in [0, 0.1) is 13.8 Å². The van der Waals surface area contributed by atoms with Gasteiger partial charge in [0.1, 0.15) is 0 Å². The predicted octanol–water partition coefficient (Wildman–Crippen LogP) is 0.947. The van der Waals surface area contributed by atoms with Crippen LogP contribution >= 0.6 is 0 Å². The molecule has 0 aliphatic carbocycles. The highest BCUT2D eigenvalue weighted by atomic mass is 16.5. The highest BCUT2D eigenvalue weighted by molar-refractivity contribution is 5.67. The molecule has 104 valence electrons. The number of morpholine rings is 1. The number of hydrogen-bond donors (Lipinski definition) is 1. The molecule has 1 aliphatic rings. The average Bonchev–Trinajstić information content (AvgIpc) is 2.38. The van der Waals surface area contributed by atoms with E-state index in [0.717, 1.165) is 36.0 Å². The van der Waals surface area contributed by atoms with Gasteiger partial charge >= 0.3 is 5.97 Å². The maximum atomic E-state index is 10.6. The number of ether oxygens (including phenoxy) is 1. The van der Waals surface area contributed by atoms with Crippen LogP contribution in [0.15, 0.2) is 0 Å². The smallest absolute Gasteiger partial charge is 0.303 e. The number of aromatic nitrogens is 2. The number of carboxylic acids is 1. The van der Waals surface area contributed by atoms with E-state index in [-0.39, 0.29) is 6.42 Å². The lowest BCUT2D eigenvalue weighted by molar-refractivity contribution is -0.136. The third kappa shape index (κ3) is 3.41. The van der Waals surface area contributed by atoms with E-state index in [9.17, 15) is 4.79 Å². The van der Waals surface area contributed by atoms with Gasteiger partial charge in [0.05, 0.1) is 13.2 Å². The molecule has 0 bridgehead atoms. The molecule has 1 saturated heterocycles. The summed E-state index contributed by atoms with van der Waals surface area (Å²) in [4.78, 5) is 21.8. The normalized spacial score (nSPS) is 15.6. The van der Waals surface area contributed by atoms with Crippen LogP contribution in [0.25, 0.3) is 0 Å². The molecule has 19 heavy (non-hydrogen) atoms. The third-order valence-corrected chi connectivity index (χ3v) is 3.29. The van der Waals surface area contributed by atoms with E-state index < -0.39 is 5.97 Å². The maximum absolute atomic E-state index is 10.6. The summed E-state index contributed by atoms with van der Waals surface area (Å²) >= 11 is 0. The fraction of sp³-hybridized carbons (Fsp3) is 0.615. The zero-order valence-corrected chi connectivity index (χ0v) is 11.3. The molecule has 0 atom stereocenters. The minimum absolute atomic E-state index is 0.113. The lowest BCUT2D eigenvalue weighted by atomic mass is 10.1. The van der Waals surface area contributed by atoms with Gasteiger partial charge in [-0.1, -0.05) is 0 Å². The Bertz CT molecular complexity index is 447. The second kappa shape index (κ2) is 5.97. The van der Waals surface area contributed by atoms with Gasteiger partial charge in [-0.05, 0) is 25.8 Å². The number of aryl methyl sites for hydroxylation is 2. The Morgan fingerprint density at radius 1 is 1.26 bits per heavy atom. The van der Waals surface area contributed by atoms with Crippen molar-refractivity contribution in [2.75, 3.05) is 31.2 Å². The number of anilines is 1. The van der Waals surface area contributed by atoms with Crippen molar-refractivity contribution in [3.63, 3.8) is 0 Å². The first-order valence-corrected chi connectivity index (χ1v) is 6.46. The molecule has 0 aromatic carbocycles. The first kappa shape index (κ1) is 13.7. The van der Waals surface area contributed by atoms with Crippen LogP contribution in [0.1, 0.15) is 23.4 Å². The van der Waals surface area contributed by atoms with Crippen LogP contribution < -0.4 is 4.90 Å². The molecule has 0 radical (unpaired) electrons. The topological polar surface area (TPSA) is 75.5 Å². The quantitative estimate of drug-likeness (QED) is 0.873. The van der Waals surface area contributed by atoms with E-state index in [2.05, 4.69) is 14.9 Å². The molecule has 6 heteroatoms.